The van der Waals surface area contributed by atoms with E-state index in [2.05, 4.69) is 0 Å². The molecule has 0 saturated heterocycles. The van der Waals surface area contributed by atoms with E-state index in [0.29, 0.717) is 5.57 Å². The van der Waals surface area contributed by atoms with Gasteiger partial charge in [0.05, 0.1) is 25.8 Å². The van der Waals surface area contributed by atoms with Crippen molar-refractivity contribution in [2.75, 3.05) is 7.11 Å². The second-order valence-corrected chi connectivity index (χ2v) is 6.21. The zero-order valence-corrected chi connectivity index (χ0v) is 15.4. The molecule has 0 fully saturated rings. The molecule has 0 saturated carbocycles. The molecule has 0 aliphatic carbocycles. The van der Waals surface area contributed by atoms with Crippen molar-refractivity contribution in [3.05, 3.63) is 110 Å². The Labute approximate surface area is 162 Å². The standard InChI is InChI=1S/C22H20N2O4/c1-28-21(26)19(14-17-8-4-2-5-9-17)16-23-13-12-20(25)24(22(23)27)15-18-10-6-3-7-11-18/h2-14H,15-16H2,1H3/b19-14-. The molecule has 28 heavy (non-hydrogen) atoms. The molecule has 0 aliphatic heterocycles. The average Bonchev–Trinajstić information content (AvgIpc) is 2.73. The highest BCUT2D eigenvalue weighted by molar-refractivity contribution is 5.93. The maximum Gasteiger partial charge on any atom is 0.335 e. The van der Waals surface area contributed by atoms with Crippen molar-refractivity contribution in [3.63, 3.8) is 0 Å². The van der Waals surface area contributed by atoms with E-state index in [1.807, 2.05) is 60.7 Å². The summed E-state index contributed by atoms with van der Waals surface area (Å²) in [7, 11) is 1.29. The van der Waals surface area contributed by atoms with Crippen molar-refractivity contribution in [1.82, 2.24) is 9.13 Å². The predicted molar refractivity (Wildman–Crippen MR) is 107 cm³/mol. The van der Waals surface area contributed by atoms with Crippen LogP contribution in [0.4, 0.5) is 0 Å². The van der Waals surface area contributed by atoms with Crippen molar-refractivity contribution in [2.45, 2.75) is 13.1 Å². The Kier molecular flexibility index (Phi) is 6.01. The second kappa shape index (κ2) is 8.81. The molecule has 0 unspecified atom stereocenters. The largest absolute Gasteiger partial charge is 0.466 e. The number of carbonyl (C=O) groups is 1. The van der Waals surface area contributed by atoms with Crippen LogP contribution < -0.4 is 11.2 Å². The number of nitrogens with zero attached hydrogens (tertiary/aromatic N) is 2. The second-order valence-electron chi connectivity index (χ2n) is 6.21. The molecule has 6 heteroatoms. The Morgan fingerprint density at radius 2 is 1.61 bits per heavy atom. The van der Waals surface area contributed by atoms with E-state index in [1.54, 1.807) is 6.08 Å². The van der Waals surface area contributed by atoms with Gasteiger partial charge >= 0.3 is 11.7 Å². The van der Waals surface area contributed by atoms with Crippen LogP contribution in [0, 0.1) is 0 Å². The minimum atomic E-state index is -0.531. The molecule has 3 aromatic rings. The number of carbonyl (C=O) groups excluding carboxylic acids is 1. The minimum Gasteiger partial charge on any atom is -0.466 e. The van der Waals surface area contributed by atoms with Crippen LogP contribution in [-0.2, 0) is 22.6 Å². The maximum atomic E-state index is 12.8. The SMILES string of the molecule is COC(=O)/C(=C\c1ccccc1)Cn1ccc(=O)n(Cc2ccccc2)c1=O. The normalized spacial score (nSPS) is 11.2. The Balaban J connectivity index is 1.97. The molecule has 0 amide bonds. The third-order valence-electron chi connectivity index (χ3n) is 4.25. The Hall–Kier alpha value is -3.67. The fourth-order valence-corrected chi connectivity index (χ4v) is 2.82. The van der Waals surface area contributed by atoms with E-state index in [4.69, 9.17) is 4.74 Å². The lowest BCUT2D eigenvalue weighted by molar-refractivity contribution is -0.136. The van der Waals surface area contributed by atoms with Crippen LogP contribution in [0.3, 0.4) is 0 Å². The van der Waals surface area contributed by atoms with E-state index in [9.17, 15) is 14.4 Å². The number of rotatable bonds is 6. The first-order valence-corrected chi connectivity index (χ1v) is 8.76. The Morgan fingerprint density at radius 3 is 2.25 bits per heavy atom. The van der Waals surface area contributed by atoms with Crippen molar-refractivity contribution >= 4 is 12.0 Å². The fourth-order valence-electron chi connectivity index (χ4n) is 2.82. The summed E-state index contributed by atoms with van der Waals surface area (Å²) < 4.78 is 7.33. The van der Waals surface area contributed by atoms with Crippen LogP contribution in [-0.4, -0.2) is 22.2 Å². The summed E-state index contributed by atoms with van der Waals surface area (Å²) in [5.41, 5.74) is 1.08. The van der Waals surface area contributed by atoms with Crippen LogP contribution in [0.1, 0.15) is 11.1 Å². The molecular weight excluding hydrogens is 356 g/mol. The monoisotopic (exact) mass is 376 g/mol. The fraction of sp³-hybridized carbons (Fsp3) is 0.136. The van der Waals surface area contributed by atoms with Crippen molar-refractivity contribution in [2.24, 2.45) is 0 Å². The van der Waals surface area contributed by atoms with Gasteiger partial charge in [-0.25, -0.2) is 9.59 Å². The lowest BCUT2D eigenvalue weighted by Crippen LogP contribution is -2.39. The van der Waals surface area contributed by atoms with Crippen LogP contribution >= 0.6 is 0 Å². The highest BCUT2D eigenvalue weighted by Crippen LogP contribution is 2.10. The first kappa shape index (κ1) is 19.1. The average molecular weight is 376 g/mol. The lowest BCUT2D eigenvalue weighted by Gasteiger charge is -2.12. The molecule has 142 valence electrons. The number of hydrogen-bond acceptors (Lipinski definition) is 4. The van der Waals surface area contributed by atoms with Crippen molar-refractivity contribution < 1.29 is 9.53 Å². The number of esters is 1. The first-order valence-electron chi connectivity index (χ1n) is 8.76. The molecule has 0 spiro atoms. The highest BCUT2D eigenvalue weighted by atomic mass is 16.5. The molecule has 6 nitrogen and oxygen atoms in total. The van der Waals surface area contributed by atoms with Crippen molar-refractivity contribution in [3.8, 4) is 0 Å². The molecule has 0 N–H and O–H groups in total. The molecule has 0 radical (unpaired) electrons. The van der Waals surface area contributed by atoms with Gasteiger partial charge in [0.2, 0.25) is 0 Å². The van der Waals surface area contributed by atoms with Crippen LogP contribution in [0.25, 0.3) is 6.08 Å². The summed E-state index contributed by atoms with van der Waals surface area (Å²) in [4.78, 5) is 37.2. The maximum absolute atomic E-state index is 12.8. The number of aromatic nitrogens is 2. The van der Waals surface area contributed by atoms with Gasteiger partial charge in [-0.1, -0.05) is 60.7 Å². The van der Waals surface area contributed by atoms with Gasteiger partial charge in [-0.2, -0.15) is 0 Å². The molecule has 0 aliphatic rings. The summed E-state index contributed by atoms with van der Waals surface area (Å²) in [6.45, 7) is 0.158. The van der Waals surface area contributed by atoms with Gasteiger partial charge in [0.1, 0.15) is 0 Å². The molecule has 0 atom stereocenters. The predicted octanol–water partition coefficient (Wildman–Crippen LogP) is 2.31. The number of methoxy groups -OCH3 is 1. The summed E-state index contributed by atoms with van der Waals surface area (Å²) in [5, 5.41) is 0. The van der Waals surface area contributed by atoms with E-state index < -0.39 is 17.2 Å². The minimum absolute atomic E-state index is 0.00449. The van der Waals surface area contributed by atoms with Crippen LogP contribution in [0.15, 0.2) is 88.1 Å². The zero-order valence-electron chi connectivity index (χ0n) is 15.4. The Morgan fingerprint density at radius 1 is 0.964 bits per heavy atom. The van der Waals surface area contributed by atoms with Gasteiger partial charge in [-0.05, 0) is 17.2 Å². The number of benzene rings is 2. The lowest BCUT2D eigenvalue weighted by atomic mass is 10.1. The smallest absolute Gasteiger partial charge is 0.335 e. The summed E-state index contributed by atoms with van der Waals surface area (Å²) >= 11 is 0. The van der Waals surface area contributed by atoms with E-state index >= 15 is 0 Å². The third-order valence-corrected chi connectivity index (χ3v) is 4.25. The number of hydrogen-bond donors (Lipinski definition) is 0. The van der Waals surface area contributed by atoms with Gasteiger partial charge in [0.25, 0.3) is 5.56 Å². The van der Waals surface area contributed by atoms with Crippen molar-refractivity contribution in [1.29, 1.82) is 0 Å². The summed E-state index contributed by atoms with van der Waals surface area (Å²) in [6.07, 6.45) is 3.07. The summed E-state index contributed by atoms with van der Waals surface area (Å²) in [5.74, 6) is -0.531. The van der Waals surface area contributed by atoms with Crippen LogP contribution in [0.2, 0.25) is 0 Å². The van der Waals surface area contributed by atoms with Gasteiger partial charge in [-0.3, -0.25) is 13.9 Å². The van der Waals surface area contributed by atoms with E-state index in [0.717, 1.165) is 15.7 Å². The summed E-state index contributed by atoms with van der Waals surface area (Å²) in [6, 6.07) is 19.9. The molecule has 0 bridgehead atoms. The third kappa shape index (κ3) is 4.54. The van der Waals surface area contributed by atoms with Gasteiger partial charge in [-0.15, -0.1) is 0 Å². The molecule has 2 aromatic carbocycles. The van der Waals surface area contributed by atoms with Gasteiger partial charge < -0.3 is 4.74 Å². The molecule has 3 rings (SSSR count). The van der Waals surface area contributed by atoms with Gasteiger partial charge in [0.15, 0.2) is 0 Å². The molecule has 1 aromatic heterocycles. The number of ether oxygens (including phenoxy) is 1. The Bertz CT molecular complexity index is 1100. The molecular formula is C22H20N2O4. The highest BCUT2D eigenvalue weighted by Gasteiger charge is 2.13. The van der Waals surface area contributed by atoms with Gasteiger partial charge in [0, 0.05) is 12.3 Å². The first-order chi connectivity index (χ1) is 13.6. The van der Waals surface area contributed by atoms with E-state index in [1.165, 1.54) is 23.9 Å². The van der Waals surface area contributed by atoms with E-state index in [-0.39, 0.29) is 13.1 Å². The quantitative estimate of drug-likeness (QED) is 0.489. The zero-order chi connectivity index (χ0) is 19.9. The van der Waals surface area contributed by atoms with Crippen LogP contribution in [0.5, 0.6) is 0 Å². The topological polar surface area (TPSA) is 70.3 Å². The molecule has 1 heterocycles.